The molecule has 84 valence electrons. The van der Waals surface area contributed by atoms with E-state index >= 15 is 0 Å². The van der Waals surface area contributed by atoms with E-state index in [-0.39, 0.29) is 5.56 Å². The van der Waals surface area contributed by atoms with Crippen LogP contribution in [0.2, 0.25) is 0 Å². The van der Waals surface area contributed by atoms with Crippen molar-refractivity contribution in [1.82, 2.24) is 0 Å². The Hall–Kier alpha value is -1.40. The second-order valence-electron chi connectivity index (χ2n) is 4.16. The molecule has 1 aromatic carbocycles. The number of oxime groups is 1. The van der Waals surface area contributed by atoms with E-state index < -0.39 is 18.5 Å². The number of benzene rings is 1. The Balaban J connectivity index is 2.65. The third-order valence-corrected chi connectivity index (χ3v) is 2.68. The zero-order valence-corrected chi connectivity index (χ0v) is 8.94. The van der Waals surface area contributed by atoms with Gasteiger partial charge in [0.15, 0.2) is 0 Å². The fraction of sp³-hybridized carbons (Fsp3) is 0.300. The van der Waals surface area contributed by atoms with Crippen LogP contribution < -0.4 is 5.46 Å². The van der Waals surface area contributed by atoms with Crippen molar-refractivity contribution < 1.29 is 19.3 Å². The fourth-order valence-electron chi connectivity index (χ4n) is 1.99. The zero-order chi connectivity index (χ0) is 11.9. The van der Waals surface area contributed by atoms with E-state index in [9.17, 15) is 9.41 Å². The molecule has 6 heteroatoms. The van der Waals surface area contributed by atoms with Gasteiger partial charge in [-0.25, -0.2) is 4.39 Å². The highest BCUT2D eigenvalue weighted by Gasteiger charge is 2.43. The molecule has 2 N–H and O–H groups in total. The molecule has 2 rings (SSSR count). The molecule has 0 saturated heterocycles. The summed E-state index contributed by atoms with van der Waals surface area (Å²) in [7, 11) is -1.11. The summed E-state index contributed by atoms with van der Waals surface area (Å²) in [4.78, 5) is 0. The van der Waals surface area contributed by atoms with Crippen molar-refractivity contribution in [3.8, 4) is 0 Å². The van der Waals surface area contributed by atoms with Crippen LogP contribution >= 0.6 is 0 Å². The lowest BCUT2D eigenvalue weighted by Crippen LogP contribution is -2.28. The molecule has 0 atom stereocenters. The molecular weight excluding hydrogens is 212 g/mol. The monoisotopic (exact) mass is 223 g/mol. The third kappa shape index (κ3) is 1.50. The van der Waals surface area contributed by atoms with Crippen LogP contribution in [0.25, 0.3) is 0 Å². The van der Waals surface area contributed by atoms with Crippen LogP contribution in [0.3, 0.4) is 0 Å². The van der Waals surface area contributed by atoms with Crippen LogP contribution in [0.1, 0.15) is 25.0 Å². The molecule has 4 nitrogen and oxygen atoms in total. The summed E-state index contributed by atoms with van der Waals surface area (Å²) < 4.78 is 19.3. The van der Waals surface area contributed by atoms with Gasteiger partial charge in [0.2, 0.25) is 0 Å². The second-order valence-corrected chi connectivity index (χ2v) is 4.16. The van der Waals surface area contributed by atoms with Crippen molar-refractivity contribution in [3.63, 3.8) is 0 Å². The number of hydrogen-bond acceptors (Lipinski definition) is 4. The Labute approximate surface area is 92.5 Å². The Morgan fingerprint density at radius 2 is 2.19 bits per heavy atom. The van der Waals surface area contributed by atoms with Gasteiger partial charge in [-0.3, -0.25) is 0 Å². The summed E-state index contributed by atoms with van der Waals surface area (Å²) in [6.45, 7) is 3.34. The van der Waals surface area contributed by atoms with Crippen LogP contribution in [-0.2, 0) is 10.3 Å². The number of hydrogen-bond donors (Lipinski definition) is 2. The first kappa shape index (κ1) is 11.1. The van der Waals surface area contributed by atoms with Crippen LogP contribution in [-0.4, -0.2) is 23.6 Å². The maximum atomic E-state index is 14.0. The molecule has 1 aliphatic rings. The predicted octanol–water partition coefficient (Wildman–Crippen LogP) is 0.587. The molecule has 0 saturated carbocycles. The smallest absolute Gasteiger partial charge is 0.423 e. The van der Waals surface area contributed by atoms with Crippen molar-refractivity contribution in [2.45, 2.75) is 19.4 Å². The normalized spacial score (nSPS) is 18.1. The van der Waals surface area contributed by atoms with Gasteiger partial charge in [-0.05, 0) is 19.3 Å². The summed E-state index contributed by atoms with van der Waals surface area (Å²) in [6, 6.07) is 3.00. The quantitative estimate of drug-likeness (QED) is 0.317. The predicted molar refractivity (Wildman–Crippen MR) is 57.5 cm³/mol. The first-order chi connectivity index (χ1) is 7.47. The highest BCUT2D eigenvalue weighted by molar-refractivity contribution is 6.62. The summed E-state index contributed by atoms with van der Waals surface area (Å²) in [5.41, 5.74) is -0.0139. The average Bonchev–Trinajstić information content (AvgIpc) is 2.42. The number of fused-ring (bicyclic) bond motifs is 1. The van der Waals surface area contributed by atoms with Gasteiger partial charge in [0.1, 0.15) is 5.82 Å². The van der Waals surface area contributed by atoms with Crippen LogP contribution in [0, 0.1) is 5.82 Å². The van der Waals surface area contributed by atoms with Crippen LogP contribution in [0.15, 0.2) is 17.3 Å². The van der Waals surface area contributed by atoms with Gasteiger partial charge in [-0.1, -0.05) is 17.3 Å². The molecule has 0 radical (unpaired) electrons. The number of rotatable bonds is 1. The van der Waals surface area contributed by atoms with E-state index in [1.807, 2.05) is 0 Å². The summed E-state index contributed by atoms with van der Waals surface area (Å²) >= 11 is 0. The standard InChI is InChI=1S/C10H11BFNO3/c1-10(2)8-7(11(14)16-10)4-3-6(5-13-15)9(8)12/h3-5,14-15H,1-2H3/b13-5+. The van der Waals surface area contributed by atoms with Crippen molar-refractivity contribution in [2.24, 2.45) is 5.16 Å². The van der Waals surface area contributed by atoms with Gasteiger partial charge < -0.3 is 14.9 Å². The van der Waals surface area contributed by atoms with E-state index in [2.05, 4.69) is 5.16 Å². The van der Waals surface area contributed by atoms with Gasteiger partial charge in [-0.2, -0.15) is 0 Å². The van der Waals surface area contributed by atoms with E-state index in [0.717, 1.165) is 6.21 Å². The Bertz CT molecular complexity index is 462. The molecule has 0 aromatic heterocycles. The fourth-order valence-corrected chi connectivity index (χ4v) is 1.99. The largest absolute Gasteiger partial charge is 0.492 e. The van der Waals surface area contributed by atoms with E-state index in [0.29, 0.717) is 11.0 Å². The maximum absolute atomic E-state index is 14.0. The number of nitrogens with zero attached hydrogens (tertiary/aromatic N) is 1. The minimum absolute atomic E-state index is 0.159. The Kier molecular flexibility index (Phi) is 2.48. The van der Waals surface area contributed by atoms with Gasteiger partial charge in [-0.15, -0.1) is 0 Å². The van der Waals surface area contributed by atoms with E-state index in [1.54, 1.807) is 19.9 Å². The minimum Gasteiger partial charge on any atom is -0.423 e. The summed E-state index contributed by atoms with van der Waals surface area (Å²) in [5.74, 6) is -0.531. The third-order valence-electron chi connectivity index (χ3n) is 2.68. The van der Waals surface area contributed by atoms with E-state index in [1.165, 1.54) is 6.07 Å². The highest BCUT2D eigenvalue weighted by Crippen LogP contribution is 2.32. The molecule has 0 aliphatic carbocycles. The van der Waals surface area contributed by atoms with Crippen molar-refractivity contribution >= 4 is 18.8 Å². The molecule has 0 spiro atoms. The topological polar surface area (TPSA) is 62.0 Å². The van der Waals surface area contributed by atoms with Crippen molar-refractivity contribution in [3.05, 3.63) is 29.1 Å². The highest BCUT2D eigenvalue weighted by atomic mass is 19.1. The lowest BCUT2D eigenvalue weighted by atomic mass is 9.77. The molecular formula is C10H11BFNO3. The van der Waals surface area contributed by atoms with Gasteiger partial charge >= 0.3 is 7.12 Å². The van der Waals surface area contributed by atoms with E-state index in [4.69, 9.17) is 9.86 Å². The number of halogens is 1. The SMILES string of the molecule is CC1(C)OB(O)c2ccc(/C=N/O)c(F)c21. The Morgan fingerprint density at radius 3 is 2.81 bits per heavy atom. The zero-order valence-electron chi connectivity index (χ0n) is 8.94. The molecule has 1 aromatic rings. The molecule has 0 unspecified atom stereocenters. The van der Waals surface area contributed by atoms with Gasteiger partial charge in [0.05, 0.1) is 11.8 Å². The molecule has 0 amide bonds. The first-order valence-corrected chi connectivity index (χ1v) is 4.83. The van der Waals surface area contributed by atoms with Gasteiger partial charge in [0, 0.05) is 11.1 Å². The maximum Gasteiger partial charge on any atom is 0.492 e. The summed E-state index contributed by atoms with van der Waals surface area (Å²) in [6.07, 6.45) is 1.01. The lowest BCUT2D eigenvalue weighted by Gasteiger charge is -2.20. The molecule has 1 aliphatic heterocycles. The van der Waals surface area contributed by atoms with Crippen LogP contribution in [0.4, 0.5) is 4.39 Å². The van der Waals surface area contributed by atoms with Crippen LogP contribution in [0.5, 0.6) is 0 Å². The molecule has 16 heavy (non-hydrogen) atoms. The summed E-state index contributed by atoms with van der Waals surface area (Å²) in [5, 5.41) is 20.8. The molecule has 0 fully saturated rings. The van der Waals surface area contributed by atoms with Crippen molar-refractivity contribution in [2.75, 3.05) is 0 Å². The molecule has 0 bridgehead atoms. The lowest BCUT2D eigenvalue weighted by molar-refractivity contribution is 0.0973. The van der Waals surface area contributed by atoms with Gasteiger partial charge in [0.25, 0.3) is 0 Å². The Morgan fingerprint density at radius 1 is 1.50 bits per heavy atom. The average molecular weight is 223 g/mol. The minimum atomic E-state index is -1.11. The molecule has 1 heterocycles. The van der Waals surface area contributed by atoms with Crippen molar-refractivity contribution in [1.29, 1.82) is 0 Å². The second kappa shape index (κ2) is 3.57. The first-order valence-electron chi connectivity index (χ1n) is 4.83.